The first-order chi connectivity index (χ1) is 6.20. The van der Waals surface area contributed by atoms with Crippen LogP contribution in [0.5, 0.6) is 5.75 Å². The number of benzene rings is 1. The van der Waals surface area contributed by atoms with E-state index in [0.29, 0.717) is 11.6 Å². The summed E-state index contributed by atoms with van der Waals surface area (Å²) in [5.41, 5.74) is 0.106. The van der Waals surface area contributed by atoms with Crippen LogP contribution in [0.3, 0.4) is 0 Å². The van der Waals surface area contributed by atoms with Crippen molar-refractivity contribution in [1.82, 2.24) is 0 Å². The van der Waals surface area contributed by atoms with E-state index in [0.717, 1.165) is 0 Å². The molecule has 0 fully saturated rings. The first-order valence-corrected chi connectivity index (χ1v) is 4.29. The maximum absolute atomic E-state index is 13.1. The molecule has 72 valence electrons. The zero-order valence-electron chi connectivity index (χ0n) is 7.18. The van der Waals surface area contributed by atoms with Crippen LogP contribution in [-0.2, 0) is 6.61 Å². The zero-order valence-corrected chi connectivity index (χ0v) is 7.94. The van der Waals surface area contributed by atoms with Crippen LogP contribution in [-0.4, -0.2) is 11.7 Å². The van der Waals surface area contributed by atoms with E-state index in [-0.39, 0.29) is 11.3 Å². The summed E-state index contributed by atoms with van der Waals surface area (Å²) in [4.78, 5) is 0. The third-order valence-corrected chi connectivity index (χ3v) is 1.90. The van der Waals surface area contributed by atoms with Crippen LogP contribution in [0.15, 0.2) is 12.1 Å². The maximum Gasteiger partial charge on any atom is 0.146 e. The van der Waals surface area contributed by atoms with E-state index in [9.17, 15) is 4.39 Å². The highest BCUT2D eigenvalue weighted by Crippen LogP contribution is 2.30. The summed E-state index contributed by atoms with van der Waals surface area (Å²) in [6, 6.07) is 2.61. The zero-order chi connectivity index (χ0) is 9.84. The smallest absolute Gasteiger partial charge is 0.146 e. The van der Waals surface area contributed by atoms with Gasteiger partial charge >= 0.3 is 0 Å². The van der Waals surface area contributed by atoms with Crippen molar-refractivity contribution in [2.45, 2.75) is 13.5 Å². The van der Waals surface area contributed by atoms with Gasteiger partial charge in [0.05, 0.1) is 23.8 Å². The van der Waals surface area contributed by atoms with Crippen molar-refractivity contribution in [1.29, 1.82) is 0 Å². The number of aliphatic hydroxyl groups is 1. The second-order valence-electron chi connectivity index (χ2n) is 2.43. The fourth-order valence-corrected chi connectivity index (χ4v) is 1.25. The Hall–Kier alpha value is -0.800. The third kappa shape index (κ3) is 2.11. The predicted octanol–water partition coefficient (Wildman–Crippen LogP) is 2.37. The average Bonchev–Trinajstić information content (AvgIpc) is 2.12. The molecule has 0 aliphatic carbocycles. The van der Waals surface area contributed by atoms with Crippen molar-refractivity contribution < 1.29 is 14.2 Å². The summed E-state index contributed by atoms with van der Waals surface area (Å²) in [6.45, 7) is 1.74. The van der Waals surface area contributed by atoms with Crippen LogP contribution in [0.2, 0.25) is 5.02 Å². The van der Waals surface area contributed by atoms with Crippen LogP contribution in [0, 0.1) is 5.82 Å². The lowest BCUT2D eigenvalue weighted by molar-refractivity contribution is 0.260. The number of ether oxygens (including phenoxy) is 1. The summed E-state index contributed by atoms with van der Waals surface area (Å²) in [5.74, 6) is -0.276. The summed E-state index contributed by atoms with van der Waals surface area (Å²) in [5, 5.41) is 9.18. The predicted molar refractivity (Wildman–Crippen MR) is 48.5 cm³/mol. The number of rotatable bonds is 3. The van der Waals surface area contributed by atoms with Crippen LogP contribution < -0.4 is 4.74 Å². The van der Waals surface area contributed by atoms with Gasteiger partial charge in [-0.1, -0.05) is 11.6 Å². The Morgan fingerprint density at radius 3 is 2.77 bits per heavy atom. The molecule has 0 aliphatic rings. The topological polar surface area (TPSA) is 29.5 Å². The summed E-state index contributed by atoms with van der Waals surface area (Å²) in [7, 11) is 0. The SMILES string of the molecule is CCOc1c(Cl)ccc(F)c1CO. The maximum atomic E-state index is 13.1. The van der Waals surface area contributed by atoms with E-state index in [2.05, 4.69) is 0 Å². The van der Waals surface area contributed by atoms with Crippen LogP contribution in [0.4, 0.5) is 4.39 Å². The first-order valence-electron chi connectivity index (χ1n) is 3.91. The van der Waals surface area contributed by atoms with E-state index >= 15 is 0 Å². The normalized spacial score (nSPS) is 10.2. The van der Waals surface area contributed by atoms with Crippen molar-refractivity contribution in [3.05, 3.63) is 28.5 Å². The van der Waals surface area contributed by atoms with Gasteiger partial charge in [0.25, 0.3) is 0 Å². The second-order valence-corrected chi connectivity index (χ2v) is 2.84. The lowest BCUT2D eigenvalue weighted by Crippen LogP contribution is -2.00. The molecule has 0 bridgehead atoms. The van der Waals surface area contributed by atoms with Crippen LogP contribution in [0.25, 0.3) is 0 Å². The molecule has 0 heterocycles. The Morgan fingerprint density at radius 1 is 1.54 bits per heavy atom. The van der Waals surface area contributed by atoms with Crippen LogP contribution >= 0.6 is 11.6 Å². The Balaban J connectivity index is 3.18. The number of hydrogen-bond donors (Lipinski definition) is 1. The van der Waals surface area contributed by atoms with Gasteiger partial charge in [-0.05, 0) is 19.1 Å². The van der Waals surface area contributed by atoms with E-state index in [1.807, 2.05) is 0 Å². The lowest BCUT2D eigenvalue weighted by atomic mass is 10.2. The Morgan fingerprint density at radius 2 is 2.23 bits per heavy atom. The molecule has 13 heavy (non-hydrogen) atoms. The largest absolute Gasteiger partial charge is 0.492 e. The number of aliphatic hydroxyl groups excluding tert-OH is 1. The van der Waals surface area contributed by atoms with Gasteiger partial charge in [0.1, 0.15) is 11.6 Å². The fourth-order valence-electron chi connectivity index (χ4n) is 1.02. The molecule has 0 unspecified atom stereocenters. The molecule has 0 atom stereocenters. The molecule has 0 saturated carbocycles. The highest BCUT2D eigenvalue weighted by Gasteiger charge is 2.12. The Labute approximate surface area is 80.9 Å². The molecule has 0 radical (unpaired) electrons. The number of hydrogen-bond acceptors (Lipinski definition) is 2. The Bertz CT molecular complexity index is 302. The van der Waals surface area contributed by atoms with Crippen molar-refractivity contribution >= 4 is 11.6 Å². The second kappa shape index (κ2) is 4.44. The van der Waals surface area contributed by atoms with E-state index in [1.54, 1.807) is 6.92 Å². The van der Waals surface area contributed by atoms with Gasteiger partial charge in [0.15, 0.2) is 0 Å². The summed E-state index contributed by atoms with van der Waals surface area (Å²) in [6.07, 6.45) is 0. The Kier molecular flexibility index (Phi) is 3.51. The monoisotopic (exact) mass is 204 g/mol. The minimum Gasteiger partial charge on any atom is -0.492 e. The summed E-state index contributed by atoms with van der Waals surface area (Å²) < 4.78 is 18.2. The molecule has 2 nitrogen and oxygen atoms in total. The van der Waals surface area contributed by atoms with Gasteiger partial charge in [0, 0.05) is 0 Å². The standard InChI is InChI=1S/C9H10ClFO2/c1-2-13-9-6(5-12)8(11)4-3-7(9)10/h3-4,12H,2,5H2,1H3. The molecule has 1 N–H and O–H groups in total. The van der Waals surface area contributed by atoms with Crippen molar-refractivity contribution in [2.24, 2.45) is 0 Å². The molecule has 1 aromatic carbocycles. The van der Waals surface area contributed by atoms with Gasteiger partial charge in [-0.2, -0.15) is 0 Å². The van der Waals surface area contributed by atoms with Gasteiger partial charge in [-0.15, -0.1) is 0 Å². The summed E-state index contributed by atoms with van der Waals surface area (Å²) >= 11 is 5.76. The quantitative estimate of drug-likeness (QED) is 0.819. The van der Waals surface area contributed by atoms with Crippen molar-refractivity contribution in [2.75, 3.05) is 6.61 Å². The van der Waals surface area contributed by atoms with E-state index in [1.165, 1.54) is 12.1 Å². The molecule has 1 rings (SSSR count). The van der Waals surface area contributed by atoms with Crippen LogP contribution in [0.1, 0.15) is 12.5 Å². The van der Waals surface area contributed by atoms with E-state index < -0.39 is 12.4 Å². The molecule has 0 amide bonds. The molecule has 1 aromatic rings. The van der Waals surface area contributed by atoms with Crippen molar-refractivity contribution in [3.63, 3.8) is 0 Å². The van der Waals surface area contributed by atoms with Gasteiger partial charge in [-0.3, -0.25) is 0 Å². The van der Waals surface area contributed by atoms with Gasteiger partial charge in [-0.25, -0.2) is 4.39 Å². The average molecular weight is 205 g/mol. The molecular formula is C9H10ClFO2. The van der Waals surface area contributed by atoms with Gasteiger partial charge in [0.2, 0.25) is 0 Å². The number of halogens is 2. The molecule has 4 heteroatoms. The molecule has 0 aromatic heterocycles. The lowest BCUT2D eigenvalue weighted by Gasteiger charge is -2.10. The highest BCUT2D eigenvalue weighted by atomic mass is 35.5. The molecule has 0 aliphatic heterocycles. The van der Waals surface area contributed by atoms with Crippen molar-refractivity contribution in [3.8, 4) is 5.75 Å². The highest BCUT2D eigenvalue weighted by molar-refractivity contribution is 6.32. The minimum atomic E-state index is -0.504. The fraction of sp³-hybridized carbons (Fsp3) is 0.333. The molecule has 0 spiro atoms. The van der Waals surface area contributed by atoms with E-state index in [4.69, 9.17) is 21.4 Å². The molecule has 0 saturated heterocycles. The molecular weight excluding hydrogens is 195 g/mol. The first kappa shape index (κ1) is 10.3. The minimum absolute atomic E-state index is 0.106. The van der Waals surface area contributed by atoms with Gasteiger partial charge < -0.3 is 9.84 Å². The third-order valence-electron chi connectivity index (χ3n) is 1.60.